The highest BCUT2D eigenvalue weighted by Gasteiger charge is 2.08. The molecule has 0 fully saturated rings. The molecule has 0 spiro atoms. The number of para-hydroxylation sites is 1. The SMILES string of the molecule is O=C(COc1ccccc1)NC(=S)Nc1ccc(NC(=O)c2cccc(Cl)c2)cc1. The molecule has 152 valence electrons. The predicted molar refractivity (Wildman–Crippen MR) is 122 cm³/mol. The van der Waals surface area contributed by atoms with Crippen LogP contribution in [0.15, 0.2) is 78.9 Å². The van der Waals surface area contributed by atoms with Gasteiger partial charge in [-0.05, 0) is 66.8 Å². The van der Waals surface area contributed by atoms with Gasteiger partial charge in [-0.15, -0.1) is 0 Å². The van der Waals surface area contributed by atoms with Crippen LogP contribution in [0.1, 0.15) is 10.4 Å². The van der Waals surface area contributed by atoms with Crippen molar-refractivity contribution in [1.82, 2.24) is 5.32 Å². The number of thiocarbonyl (C=S) groups is 1. The largest absolute Gasteiger partial charge is 0.484 e. The summed E-state index contributed by atoms with van der Waals surface area (Å²) >= 11 is 11.1. The van der Waals surface area contributed by atoms with E-state index in [1.54, 1.807) is 60.7 Å². The average molecular weight is 440 g/mol. The molecule has 8 heteroatoms. The molecule has 0 aliphatic heterocycles. The highest BCUT2D eigenvalue weighted by Crippen LogP contribution is 2.16. The van der Waals surface area contributed by atoms with Crippen LogP contribution >= 0.6 is 23.8 Å². The molecule has 0 unspecified atom stereocenters. The lowest BCUT2D eigenvalue weighted by Crippen LogP contribution is -2.37. The summed E-state index contributed by atoms with van der Waals surface area (Å²) in [5, 5.41) is 8.88. The Balaban J connectivity index is 1.47. The maximum absolute atomic E-state index is 12.2. The zero-order valence-corrected chi connectivity index (χ0v) is 17.3. The minimum Gasteiger partial charge on any atom is -0.484 e. The smallest absolute Gasteiger partial charge is 0.264 e. The lowest BCUT2D eigenvalue weighted by Gasteiger charge is -2.11. The van der Waals surface area contributed by atoms with Crippen LogP contribution in [-0.4, -0.2) is 23.5 Å². The van der Waals surface area contributed by atoms with Gasteiger partial charge < -0.3 is 15.4 Å². The fraction of sp³-hybridized carbons (Fsp3) is 0.0455. The Hall–Kier alpha value is -3.42. The third kappa shape index (κ3) is 6.58. The number of hydrogen-bond acceptors (Lipinski definition) is 4. The van der Waals surface area contributed by atoms with Crippen LogP contribution in [0.4, 0.5) is 11.4 Å². The van der Waals surface area contributed by atoms with Crippen LogP contribution in [0, 0.1) is 0 Å². The zero-order chi connectivity index (χ0) is 21.3. The summed E-state index contributed by atoms with van der Waals surface area (Å²) in [6, 6.07) is 22.6. The molecule has 0 heterocycles. The van der Waals surface area contributed by atoms with Crippen molar-refractivity contribution >= 4 is 52.1 Å². The van der Waals surface area contributed by atoms with E-state index < -0.39 is 0 Å². The van der Waals surface area contributed by atoms with E-state index in [0.717, 1.165) is 0 Å². The van der Waals surface area contributed by atoms with Crippen molar-refractivity contribution in [1.29, 1.82) is 0 Å². The maximum Gasteiger partial charge on any atom is 0.264 e. The second-order valence-electron chi connectivity index (χ2n) is 6.15. The molecule has 0 atom stereocenters. The van der Waals surface area contributed by atoms with E-state index in [9.17, 15) is 9.59 Å². The van der Waals surface area contributed by atoms with E-state index in [1.165, 1.54) is 0 Å². The Morgan fingerprint density at radius 1 is 0.867 bits per heavy atom. The molecular formula is C22H18ClN3O3S. The molecule has 0 saturated carbocycles. The summed E-state index contributed by atoms with van der Waals surface area (Å²) in [5.41, 5.74) is 1.73. The van der Waals surface area contributed by atoms with Gasteiger partial charge in [0.1, 0.15) is 5.75 Å². The normalized spacial score (nSPS) is 10.0. The second kappa shape index (κ2) is 10.4. The third-order valence-corrected chi connectivity index (χ3v) is 4.29. The molecule has 30 heavy (non-hydrogen) atoms. The summed E-state index contributed by atoms with van der Waals surface area (Å²) in [4.78, 5) is 24.2. The molecule has 3 aromatic rings. The van der Waals surface area contributed by atoms with Crippen molar-refractivity contribution in [2.75, 3.05) is 17.2 Å². The van der Waals surface area contributed by atoms with Gasteiger partial charge in [0.2, 0.25) is 0 Å². The fourth-order valence-corrected chi connectivity index (χ4v) is 2.88. The highest BCUT2D eigenvalue weighted by molar-refractivity contribution is 7.80. The van der Waals surface area contributed by atoms with Gasteiger partial charge in [-0.3, -0.25) is 14.9 Å². The molecule has 0 bridgehead atoms. The number of hydrogen-bond donors (Lipinski definition) is 3. The van der Waals surface area contributed by atoms with Crippen LogP contribution in [0.25, 0.3) is 0 Å². The number of halogens is 1. The van der Waals surface area contributed by atoms with Gasteiger partial charge >= 0.3 is 0 Å². The van der Waals surface area contributed by atoms with Crippen molar-refractivity contribution in [3.05, 3.63) is 89.4 Å². The fourth-order valence-electron chi connectivity index (χ4n) is 2.46. The predicted octanol–water partition coefficient (Wildman–Crippen LogP) is 4.48. The highest BCUT2D eigenvalue weighted by atomic mass is 35.5. The first-order valence-corrected chi connectivity index (χ1v) is 9.74. The molecule has 0 aliphatic rings. The van der Waals surface area contributed by atoms with Crippen LogP contribution in [-0.2, 0) is 4.79 Å². The molecular weight excluding hydrogens is 422 g/mol. The maximum atomic E-state index is 12.2. The lowest BCUT2D eigenvalue weighted by molar-refractivity contribution is -0.121. The molecule has 0 aliphatic carbocycles. The van der Waals surface area contributed by atoms with Gasteiger partial charge in [0, 0.05) is 22.0 Å². The summed E-state index contributed by atoms with van der Waals surface area (Å²) in [7, 11) is 0. The van der Waals surface area contributed by atoms with Crippen LogP contribution in [0.3, 0.4) is 0 Å². The lowest BCUT2D eigenvalue weighted by atomic mass is 10.2. The van der Waals surface area contributed by atoms with Gasteiger partial charge in [-0.25, -0.2) is 0 Å². The third-order valence-electron chi connectivity index (χ3n) is 3.85. The van der Waals surface area contributed by atoms with Gasteiger partial charge in [0.25, 0.3) is 11.8 Å². The second-order valence-corrected chi connectivity index (χ2v) is 6.99. The number of rotatable bonds is 6. The van der Waals surface area contributed by atoms with Crippen LogP contribution in [0.5, 0.6) is 5.75 Å². The number of nitrogens with one attached hydrogen (secondary N) is 3. The summed E-state index contributed by atoms with van der Waals surface area (Å²) < 4.78 is 5.37. The Morgan fingerprint density at radius 3 is 2.20 bits per heavy atom. The molecule has 0 saturated heterocycles. The molecule has 6 nitrogen and oxygen atoms in total. The standard InChI is InChI=1S/C22H18ClN3O3S/c23-16-6-4-5-15(13-16)21(28)24-17-9-11-18(12-10-17)25-22(30)26-20(27)14-29-19-7-2-1-3-8-19/h1-13H,14H2,(H,24,28)(H2,25,26,27,30). The summed E-state index contributed by atoms with van der Waals surface area (Å²) in [6.07, 6.45) is 0. The van der Waals surface area contributed by atoms with E-state index in [-0.39, 0.29) is 23.5 Å². The van der Waals surface area contributed by atoms with Crippen molar-refractivity contribution in [2.45, 2.75) is 0 Å². The van der Waals surface area contributed by atoms with Crippen LogP contribution < -0.4 is 20.7 Å². The number of carbonyl (C=O) groups is 2. The van der Waals surface area contributed by atoms with Gasteiger partial charge in [0.05, 0.1) is 0 Å². The van der Waals surface area contributed by atoms with E-state index >= 15 is 0 Å². The quantitative estimate of drug-likeness (QED) is 0.493. The van der Waals surface area contributed by atoms with Gasteiger partial charge in [0.15, 0.2) is 11.7 Å². The number of ether oxygens (including phenoxy) is 1. The molecule has 3 aromatic carbocycles. The Labute approximate surface area is 184 Å². The van der Waals surface area contributed by atoms with Crippen molar-refractivity contribution < 1.29 is 14.3 Å². The van der Waals surface area contributed by atoms with Gasteiger partial charge in [-0.1, -0.05) is 35.9 Å². The number of amides is 2. The van der Waals surface area contributed by atoms with E-state index in [0.29, 0.717) is 27.7 Å². The van der Waals surface area contributed by atoms with Crippen molar-refractivity contribution in [3.8, 4) is 5.75 Å². The summed E-state index contributed by atoms with van der Waals surface area (Å²) in [5.74, 6) is -0.0388. The number of benzene rings is 3. The topological polar surface area (TPSA) is 79.5 Å². The Morgan fingerprint density at radius 2 is 1.53 bits per heavy atom. The van der Waals surface area contributed by atoms with E-state index in [2.05, 4.69) is 16.0 Å². The number of carbonyl (C=O) groups excluding carboxylic acids is 2. The molecule has 0 radical (unpaired) electrons. The first-order valence-electron chi connectivity index (χ1n) is 8.95. The molecule has 3 N–H and O–H groups in total. The monoisotopic (exact) mass is 439 g/mol. The first-order chi connectivity index (χ1) is 14.5. The van der Waals surface area contributed by atoms with Crippen LogP contribution in [0.2, 0.25) is 5.02 Å². The number of anilines is 2. The Kier molecular flexibility index (Phi) is 7.37. The minimum absolute atomic E-state index is 0.146. The molecule has 2 amide bonds. The average Bonchev–Trinajstić information content (AvgIpc) is 2.74. The van der Waals surface area contributed by atoms with Crippen molar-refractivity contribution in [2.24, 2.45) is 0 Å². The Bertz CT molecular complexity index is 1040. The summed E-state index contributed by atoms with van der Waals surface area (Å²) in [6.45, 7) is -0.152. The zero-order valence-electron chi connectivity index (χ0n) is 15.7. The molecule has 0 aromatic heterocycles. The van der Waals surface area contributed by atoms with Gasteiger partial charge in [-0.2, -0.15) is 0 Å². The van der Waals surface area contributed by atoms with Crippen molar-refractivity contribution in [3.63, 3.8) is 0 Å². The minimum atomic E-state index is -0.373. The van der Waals surface area contributed by atoms with E-state index in [1.807, 2.05) is 18.2 Å². The van der Waals surface area contributed by atoms with E-state index in [4.69, 9.17) is 28.6 Å². The first kappa shape index (κ1) is 21.3. The molecule has 3 rings (SSSR count).